The van der Waals surface area contributed by atoms with Gasteiger partial charge in [-0.2, -0.15) is 0 Å². The highest BCUT2D eigenvalue weighted by Crippen LogP contribution is 2.23. The van der Waals surface area contributed by atoms with E-state index in [4.69, 9.17) is 4.74 Å². The number of carbonyl (C=O) groups is 1. The predicted octanol–water partition coefficient (Wildman–Crippen LogP) is 3.43. The van der Waals surface area contributed by atoms with Crippen LogP contribution in [0.2, 0.25) is 0 Å². The number of nitrogens with one attached hydrogen (secondary N) is 1. The van der Waals surface area contributed by atoms with Gasteiger partial charge in [0.25, 0.3) is 5.91 Å². The lowest BCUT2D eigenvalue weighted by molar-refractivity contribution is 0.0144. The van der Waals surface area contributed by atoms with E-state index in [-0.39, 0.29) is 5.91 Å². The highest BCUT2D eigenvalue weighted by Gasteiger charge is 2.24. The zero-order valence-corrected chi connectivity index (χ0v) is 13.6. The van der Waals surface area contributed by atoms with Crippen molar-refractivity contribution >= 4 is 16.8 Å². The number of hydrogen-bond acceptors (Lipinski definition) is 2. The van der Waals surface area contributed by atoms with Crippen LogP contribution in [-0.2, 0) is 4.74 Å². The predicted molar refractivity (Wildman–Crippen MR) is 88.3 cm³/mol. The molecule has 4 heteroatoms. The van der Waals surface area contributed by atoms with E-state index in [0.29, 0.717) is 11.8 Å². The number of piperidine rings is 1. The second-order valence-corrected chi connectivity index (χ2v) is 6.17. The van der Waals surface area contributed by atoms with Gasteiger partial charge in [0.1, 0.15) is 5.69 Å². The molecule has 4 nitrogen and oxygen atoms in total. The fraction of sp³-hybridized carbons (Fsp3) is 0.500. The number of amides is 1. The monoisotopic (exact) mass is 300 g/mol. The maximum absolute atomic E-state index is 12.7. The van der Waals surface area contributed by atoms with E-state index in [1.54, 1.807) is 0 Å². The van der Waals surface area contributed by atoms with Gasteiger partial charge in [-0.05, 0) is 56.9 Å². The summed E-state index contributed by atoms with van der Waals surface area (Å²) in [6.07, 6.45) is 2.16. The minimum Gasteiger partial charge on any atom is -0.378 e. The van der Waals surface area contributed by atoms with Gasteiger partial charge < -0.3 is 14.6 Å². The topological polar surface area (TPSA) is 45.3 Å². The van der Waals surface area contributed by atoms with Crippen molar-refractivity contribution in [3.05, 3.63) is 35.0 Å². The van der Waals surface area contributed by atoms with Crippen LogP contribution >= 0.6 is 0 Å². The molecule has 22 heavy (non-hydrogen) atoms. The zero-order chi connectivity index (χ0) is 15.7. The van der Waals surface area contributed by atoms with Crippen molar-refractivity contribution in [2.24, 2.45) is 0 Å². The number of hydrogen-bond donors (Lipinski definition) is 1. The lowest BCUT2D eigenvalue weighted by atomic mass is 10.1. The fourth-order valence-corrected chi connectivity index (χ4v) is 3.35. The van der Waals surface area contributed by atoms with Gasteiger partial charge in [-0.1, -0.05) is 6.07 Å². The van der Waals surface area contributed by atoms with Crippen molar-refractivity contribution in [3.63, 3.8) is 0 Å². The third-order valence-corrected chi connectivity index (χ3v) is 4.45. The number of aromatic amines is 1. The van der Waals surface area contributed by atoms with Gasteiger partial charge in [-0.3, -0.25) is 4.79 Å². The van der Waals surface area contributed by atoms with Crippen LogP contribution in [0.5, 0.6) is 0 Å². The number of rotatable bonds is 3. The van der Waals surface area contributed by atoms with Crippen molar-refractivity contribution in [3.8, 4) is 0 Å². The van der Waals surface area contributed by atoms with Gasteiger partial charge in [-0.15, -0.1) is 0 Å². The Morgan fingerprint density at radius 2 is 2.00 bits per heavy atom. The summed E-state index contributed by atoms with van der Waals surface area (Å²) in [6.45, 7) is 8.48. The lowest BCUT2D eigenvalue weighted by Crippen LogP contribution is -2.41. The molecule has 1 amide bonds. The number of aryl methyl sites for hydroxylation is 2. The maximum atomic E-state index is 12.7. The third-order valence-electron chi connectivity index (χ3n) is 4.45. The molecule has 1 saturated heterocycles. The Hall–Kier alpha value is -1.81. The molecule has 0 radical (unpaired) electrons. The molecule has 0 atom stereocenters. The van der Waals surface area contributed by atoms with Crippen LogP contribution in [0.1, 0.15) is 41.4 Å². The van der Waals surface area contributed by atoms with E-state index >= 15 is 0 Å². The first-order valence-corrected chi connectivity index (χ1v) is 8.09. The van der Waals surface area contributed by atoms with Gasteiger partial charge in [0.2, 0.25) is 0 Å². The lowest BCUT2D eigenvalue weighted by Gasteiger charge is -2.31. The Morgan fingerprint density at radius 3 is 2.68 bits per heavy atom. The molecule has 1 aliphatic rings. The molecule has 2 heterocycles. The summed E-state index contributed by atoms with van der Waals surface area (Å²) >= 11 is 0. The van der Waals surface area contributed by atoms with Crippen LogP contribution in [0.4, 0.5) is 0 Å². The van der Waals surface area contributed by atoms with E-state index in [1.807, 2.05) is 17.9 Å². The Balaban J connectivity index is 1.77. The van der Waals surface area contributed by atoms with Gasteiger partial charge in [0.15, 0.2) is 0 Å². The Kier molecular flexibility index (Phi) is 4.21. The van der Waals surface area contributed by atoms with Crippen molar-refractivity contribution in [1.82, 2.24) is 9.88 Å². The number of benzene rings is 1. The first kappa shape index (κ1) is 15.1. The van der Waals surface area contributed by atoms with Gasteiger partial charge in [0.05, 0.1) is 6.10 Å². The van der Waals surface area contributed by atoms with Crippen molar-refractivity contribution in [2.75, 3.05) is 19.7 Å². The molecule has 0 spiro atoms. The van der Waals surface area contributed by atoms with Crippen LogP contribution in [0.3, 0.4) is 0 Å². The summed E-state index contributed by atoms with van der Waals surface area (Å²) in [5.41, 5.74) is 4.16. The minimum absolute atomic E-state index is 0.100. The van der Waals surface area contributed by atoms with Crippen LogP contribution < -0.4 is 0 Å². The van der Waals surface area contributed by atoms with Gasteiger partial charge in [0, 0.05) is 30.6 Å². The normalized spacial score (nSPS) is 16.4. The second-order valence-electron chi connectivity index (χ2n) is 6.17. The zero-order valence-electron chi connectivity index (χ0n) is 13.6. The molecule has 0 saturated carbocycles. The molecule has 1 aromatic carbocycles. The molecule has 3 rings (SSSR count). The van der Waals surface area contributed by atoms with E-state index in [2.05, 4.69) is 31.0 Å². The van der Waals surface area contributed by atoms with Crippen LogP contribution in [-0.4, -0.2) is 41.6 Å². The van der Waals surface area contributed by atoms with Crippen LogP contribution in [0.15, 0.2) is 18.2 Å². The Morgan fingerprint density at radius 1 is 1.27 bits per heavy atom. The highest BCUT2D eigenvalue weighted by molar-refractivity contribution is 5.99. The molecule has 0 bridgehead atoms. The number of aromatic nitrogens is 1. The molecule has 1 fully saturated rings. The average molecular weight is 300 g/mol. The number of carbonyl (C=O) groups excluding carboxylic acids is 1. The number of likely N-dealkylation sites (tertiary alicyclic amines) is 1. The van der Waals surface area contributed by atoms with E-state index < -0.39 is 0 Å². The summed E-state index contributed by atoms with van der Waals surface area (Å²) in [6, 6.07) is 6.24. The largest absolute Gasteiger partial charge is 0.378 e. The van der Waals surface area contributed by atoms with E-state index in [0.717, 1.165) is 43.4 Å². The van der Waals surface area contributed by atoms with Gasteiger partial charge >= 0.3 is 0 Å². The molecule has 0 unspecified atom stereocenters. The first-order chi connectivity index (χ1) is 10.6. The Labute approximate surface area is 131 Å². The fourth-order valence-electron chi connectivity index (χ4n) is 3.35. The molecule has 1 aromatic heterocycles. The highest BCUT2D eigenvalue weighted by atomic mass is 16.5. The second kappa shape index (κ2) is 6.13. The Bertz CT molecular complexity index is 682. The van der Waals surface area contributed by atoms with Crippen molar-refractivity contribution in [1.29, 1.82) is 0 Å². The quantitative estimate of drug-likeness (QED) is 0.944. The molecular formula is C18H24N2O2. The van der Waals surface area contributed by atoms with E-state index in [9.17, 15) is 4.79 Å². The van der Waals surface area contributed by atoms with Crippen LogP contribution in [0, 0.1) is 13.8 Å². The average Bonchev–Trinajstić information content (AvgIpc) is 2.92. The SMILES string of the molecule is CCOC1CCN(C(=O)c2cc3c(C)cc(C)cc3[nH]2)CC1. The summed E-state index contributed by atoms with van der Waals surface area (Å²) < 4.78 is 5.65. The molecule has 1 N–H and O–H groups in total. The molecule has 1 aliphatic heterocycles. The summed E-state index contributed by atoms with van der Waals surface area (Å²) in [5.74, 6) is 0.100. The number of H-pyrrole nitrogens is 1. The molecule has 2 aromatic rings. The number of nitrogens with zero attached hydrogens (tertiary/aromatic N) is 1. The minimum atomic E-state index is 0.100. The summed E-state index contributed by atoms with van der Waals surface area (Å²) in [4.78, 5) is 17.9. The first-order valence-electron chi connectivity index (χ1n) is 8.09. The maximum Gasteiger partial charge on any atom is 0.270 e. The van der Waals surface area contributed by atoms with Crippen LogP contribution in [0.25, 0.3) is 10.9 Å². The van der Waals surface area contributed by atoms with Gasteiger partial charge in [-0.25, -0.2) is 0 Å². The molecule has 0 aliphatic carbocycles. The molecular weight excluding hydrogens is 276 g/mol. The standard InChI is InChI=1S/C18H24N2O2/c1-4-22-14-5-7-20(8-6-14)18(21)17-11-15-13(3)9-12(2)10-16(15)19-17/h9-11,14,19H,4-8H2,1-3H3. The smallest absolute Gasteiger partial charge is 0.270 e. The third kappa shape index (κ3) is 2.88. The summed E-state index contributed by atoms with van der Waals surface area (Å²) in [5, 5.41) is 1.14. The van der Waals surface area contributed by atoms with E-state index in [1.165, 1.54) is 11.1 Å². The van der Waals surface area contributed by atoms with Crippen molar-refractivity contribution in [2.45, 2.75) is 39.7 Å². The number of ether oxygens (including phenoxy) is 1. The van der Waals surface area contributed by atoms with Crippen molar-refractivity contribution < 1.29 is 9.53 Å². The number of fused-ring (bicyclic) bond motifs is 1. The molecule has 118 valence electrons. The summed E-state index contributed by atoms with van der Waals surface area (Å²) in [7, 11) is 0.